The lowest BCUT2D eigenvalue weighted by atomic mass is 10.1. The second kappa shape index (κ2) is 8.29. The maximum Gasteiger partial charge on any atom is 0.320 e. The number of hydrogen-bond acceptors (Lipinski definition) is 4. The van der Waals surface area contributed by atoms with Gasteiger partial charge >= 0.3 is 5.97 Å². The Morgan fingerprint density at radius 1 is 1.26 bits per heavy atom. The summed E-state index contributed by atoms with van der Waals surface area (Å²) in [5.74, 6) is -0.918. The molecular weight excluding hydrogens is 318 g/mol. The molecule has 7 heteroatoms. The van der Waals surface area contributed by atoms with Crippen molar-refractivity contribution < 1.29 is 14.7 Å². The smallest absolute Gasteiger partial charge is 0.320 e. The third kappa shape index (κ3) is 4.92. The van der Waals surface area contributed by atoms with Crippen LogP contribution in [0.2, 0.25) is 0 Å². The molecule has 1 saturated heterocycles. The highest BCUT2D eigenvalue weighted by Crippen LogP contribution is 2.19. The van der Waals surface area contributed by atoms with E-state index in [1.54, 1.807) is 4.90 Å². The van der Waals surface area contributed by atoms with Crippen molar-refractivity contribution in [2.45, 2.75) is 32.4 Å². The van der Waals surface area contributed by atoms with Gasteiger partial charge in [0.2, 0.25) is 5.91 Å². The zero-order chi connectivity index (χ0) is 16.3. The number of carboxylic acid groups (broad SMARTS) is 1. The van der Waals surface area contributed by atoms with Gasteiger partial charge in [0.15, 0.2) is 0 Å². The van der Waals surface area contributed by atoms with E-state index >= 15 is 0 Å². The number of amides is 1. The van der Waals surface area contributed by atoms with Crippen LogP contribution in [0.15, 0.2) is 24.3 Å². The average Bonchev–Trinajstić information content (AvgIpc) is 2.48. The Bertz CT molecular complexity index is 548. The second-order valence-electron chi connectivity index (χ2n) is 5.92. The van der Waals surface area contributed by atoms with E-state index in [2.05, 4.69) is 18.7 Å². The van der Waals surface area contributed by atoms with E-state index in [1.165, 1.54) is 0 Å². The minimum absolute atomic E-state index is 0. The molecule has 1 aliphatic heterocycles. The summed E-state index contributed by atoms with van der Waals surface area (Å²) in [4.78, 5) is 26.9. The summed E-state index contributed by atoms with van der Waals surface area (Å²) < 4.78 is 0. The first-order valence-electron chi connectivity index (χ1n) is 7.50. The number of carbonyl (C=O) groups excluding carboxylic acids is 1. The fourth-order valence-corrected chi connectivity index (χ4v) is 2.56. The minimum Gasteiger partial charge on any atom is -0.480 e. The summed E-state index contributed by atoms with van der Waals surface area (Å²) >= 11 is 0. The van der Waals surface area contributed by atoms with Crippen molar-refractivity contribution in [3.05, 3.63) is 29.8 Å². The Kier molecular flexibility index (Phi) is 7.00. The molecule has 1 aromatic carbocycles. The SMILES string of the molecule is CC(C)N1CCN(c2ccc(CC(N)C(=O)O)cc2)C(=O)C1.Cl. The van der Waals surface area contributed by atoms with E-state index in [0.717, 1.165) is 17.8 Å². The Labute approximate surface area is 142 Å². The Hall–Kier alpha value is -1.63. The molecule has 1 atom stereocenters. The molecule has 2 rings (SSSR count). The molecule has 0 radical (unpaired) electrons. The van der Waals surface area contributed by atoms with Crippen molar-refractivity contribution in [2.75, 3.05) is 24.5 Å². The van der Waals surface area contributed by atoms with Crippen LogP contribution in [0.5, 0.6) is 0 Å². The van der Waals surface area contributed by atoms with Crippen molar-refractivity contribution in [3.8, 4) is 0 Å². The molecule has 128 valence electrons. The number of hydrogen-bond donors (Lipinski definition) is 2. The maximum atomic E-state index is 12.2. The molecule has 1 amide bonds. The van der Waals surface area contributed by atoms with Gasteiger partial charge in [-0.15, -0.1) is 12.4 Å². The molecule has 1 heterocycles. The van der Waals surface area contributed by atoms with Crippen molar-refractivity contribution >= 4 is 30.0 Å². The number of carbonyl (C=O) groups is 2. The van der Waals surface area contributed by atoms with E-state index in [9.17, 15) is 9.59 Å². The zero-order valence-electron chi connectivity index (χ0n) is 13.4. The standard InChI is InChI=1S/C16H23N3O3.ClH/c1-11(2)18-7-8-19(15(20)10-18)13-5-3-12(4-6-13)9-14(17)16(21)22;/h3-6,11,14H,7-10,17H2,1-2H3,(H,21,22);1H. The monoisotopic (exact) mass is 341 g/mol. The molecule has 1 fully saturated rings. The number of nitrogens with two attached hydrogens (primary N) is 1. The summed E-state index contributed by atoms with van der Waals surface area (Å²) in [6.07, 6.45) is 0.282. The molecule has 0 spiro atoms. The molecule has 23 heavy (non-hydrogen) atoms. The first-order valence-corrected chi connectivity index (χ1v) is 7.50. The quantitative estimate of drug-likeness (QED) is 0.838. The van der Waals surface area contributed by atoms with Gasteiger partial charge in [-0.2, -0.15) is 0 Å². The van der Waals surface area contributed by atoms with E-state index in [1.807, 2.05) is 24.3 Å². The van der Waals surface area contributed by atoms with Gasteiger partial charge in [0, 0.05) is 24.8 Å². The summed E-state index contributed by atoms with van der Waals surface area (Å²) in [5, 5.41) is 8.82. The highest BCUT2D eigenvalue weighted by Gasteiger charge is 2.26. The molecule has 1 aromatic rings. The van der Waals surface area contributed by atoms with Crippen LogP contribution in [-0.2, 0) is 16.0 Å². The van der Waals surface area contributed by atoms with Crippen LogP contribution < -0.4 is 10.6 Å². The number of aliphatic carboxylic acids is 1. The molecule has 3 N–H and O–H groups in total. The third-order valence-corrected chi connectivity index (χ3v) is 4.00. The van der Waals surface area contributed by atoms with Gasteiger partial charge in [0.25, 0.3) is 0 Å². The first kappa shape index (κ1) is 19.4. The highest BCUT2D eigenvalue weighted by molar-refractivity contribution is 5.95. The summed E-state index contributed by atoms with van der Waals surface area (Å²) in [6, 6.07) is 6.84. The average molecular weight is 342 g/mol. The van der Waals surface area contributed by atoms with Crippen LogP contribution in [0.1, 0.15) is 19.4 Å². The van der Waals surface area contributed by atoms with Gasteiger partial charge < -0.3 is 15.7 Å². The number of anilines is 1. The predicted octanol–water partition coefficient (Wildman–Crippen LogP) is 1.12. The summed E-state index contributed by atoms with van der Waals surface area (Å²) in [7, 11) is 0. The maximum absolute atomic E-state index is 12.2. The normalized spacial score (nSPS) is 17.0. The van der Waals surface area contributed by atoms with Gasteiger partial charge in [-0.1, -0.05) is 12.1 Å². The van der Waals surface area contributed by atoms with E-state index in [-0.39, 0.29) is 24.7 Å². The number of carboxylic acids is 1. The number of piperazine rings is 1. The number of rotatable bonds is 5. The van der Waals surface area contributed by atoms with E-state index < -0.39 is 12.0 Å². The lowest BCUT2D eigenvalue weighted by Gasteiger charge is -2.36. The molecule has 6 nitrogen and oxygen atoms in total. The fourth-order valence-electron chi connectivity index (χ4n) is 2.56. The second-order valence-corrected chi connectivity index (χ2v) is 5.92. The lowest BCUT2D eigenvalue weighted by Crippen LogP contribution is -2.52. The van der Waals surface area contributed by atoms with E-state index in [4.69, 9.17) is 10.8 Å². The van der Waals surface area contributed by atoms with Gasteiger partial charge in [0.05, 0.1) is 6.54 Å². The van der Waals surface area contributed by atoms with Crippen LogP contribution in [0.25, 0.3) is 0 Å². The third-order valence-electron chi connectivity index (χ3n) is 4.00. The molecule has 0 bridgehead atoms. The van der Waals surface area contributed by atoms with Crippen LogP contribution >= 0.6 is 12.4 Å². The number of benzene rings is 1. The number of halogens is 1. The number of nitrogens with zero attached hydrogens (tertiary/aromatic N) is 2. The van der Waals surface area contributed by atoms with Crippen LogP contribution in [0.3, 0.4) is 0 Å². The van der Waals surface area contributed by atoms with Crippen molar-refractivity contribution in [1.82, 2.24) is 4.90 Å². The van der Waals surface area contributed by atoms with Gasteiger partial charge in [-0.25, -0.2) is 0 Å². The summed E-state index contributed by atoms with van der Waals surface area (Å²) in [6.45, 7) is 6.14. The van der Waals surface area contributed by atoms with E-state index in [0.29, 0.717) is 19.1 Å². The molecule has 1 aliphatic rings. The first-order chi connectivity index (χ1) is 10.4. The van der Waals surface area contributed by atoms with Gasteiger partial charge in [0.1, 0.15) is 6.04 Å². The lowest BCUT2D eigenvalue weighted by molar-refractivity contribution is -0.138. The highest BCUT2D eigenvalue weighted by atomic mass is 35.5. The molecule has 0 aromatic heterocycles. The Morgan fingerprint density at radius 2 is 1.87 bits per heavy atom. The Balaban J connectivity index is 0.00000264. The molecule has 1 unspecified atom stereocenters. The molecular formula is C16H24ClN3O3. The Morgan fingerprint density at radius 3 is 2.35 bits per heavy atom. The van der Waals surface area contributed by atoms with Crippen molar-refractivity contribution in [3.63, 3.8) is 0 Å². The van der Waals surface area contributed by atoms with Crippen molar-refractivity contribution in [2.24, 2.45) is 5.73 Å². The minimum atomic E-state index is -1.01. The van der Waals surface area contributed by atoms with Gasteiger partial charge in [-0.05, 0) is 38.0 Å². The van der Waals surface area contributed by atoms with Crippen LogP contribution in [-0.4, -0.2) is 53.6 Å². The fraction of sp³-hybridized carbons (Fsp3) is 0.500. The van der Waals surface area contributed by atoms with Crippen LogP contribution in [0.4, 0.5) is 5.69 Å². The predicted molar refractivity (Wildman–Crippen MR) is 92.1 cm³/mol. The summed E-state index contributed by atoms with van der Waals surface area (Å²) in [5.41, 5.74) is 7.23. The van der Waals surface area contributed by atoms with Gasteiger partial charge in [-0.3, -0.25) is 14.5 Å². The molecule has 0 saturated carbocycles. The molecule has 0 aliphatic carbocycles. The van der Waals surface area contributed by atoms with Crippen LogP contribution in [0, 0.1) is 0 Å². The zero-order valence-corrected chi connectivity index (χ0v) is 14.3. The largest absolute Gasteiger partial charge is 0.480 e. The topological polar surface area (TPSA) is 86.9 Å². The van der Waals surface area contributed by atoms with Crippen molar-refractivity contribution in [1.29, 1.82) is 0 Å².